The first-order valence-electron chi connectivity index (χ1n) is 4.90. The largest absolute Gasteiger partial charge is 0.262 e. The molecular formula is C11H12ClN3S. The molecule has 0 radical (unpaired) electrons. The molecule has 0 unspecified atom stereocenters. The van der Waals surface area contributed by atoms with E-state index in [0.29, 0.717) is 5.15 Å². The topological polar surface area (TPSA) is 30.7 Å². The van der Waals surface area contributed by atoms with Crippen molar-refractivity contribution in [3.05, 3.63) is 40.8 Å². The SMILES string of the molecule is Cc1cc(SCc2cccc(Cl)n2)n(C)n1. The van der Waals surface area contributed by atoms with Crippen molar-refractivity contribution in [3.8, 4) is 0 Å². The molecular weight excluding hydrogens is 242 g/mol. The first kappa shape index (κ1) is 11.5. The van der Waals surface area contributed by atoms with Gasteiger partial charge in [0.05, 0.1) is 16.4 Å². The number of hydrogen-bond donors (Lipinski definition) is 0. The van der Waals surface area contributed by atoms with Crippen molar-refractivity contribution in [1.29, 1.82) is 0 Å². The lowest BCUT2D eigenvalue weighted by Crippen LogP contribution is -1.93. The van der Waals surface area contributed by atoms with E-state index in [1.807, 2.05) is 30.8 Å². The van der Waals surface area contributed by atoms with Crippen molar-refractivity contribution in [2.45, 2.75) is 17.7 Å². The van der Waals surface area contributed by atoms with Gasteiger partial charge in [-0.1, -0.05) is 17.7 Å². The minimum atomic E-state index is 0.541. The van der Waals surface area contributed by atoms with Crippen molar-refractivity contribution >= 4 is 23.4 Å². The molecule has 0 aliphatic carbocycles. The third-order valence-corrected chi connectivity index (χ3v) is 3.43. The van der Waals surface area contributed by atoms with Crippen molar-refractivity contribution in [2.24, 2.45) is 7.05 Å². The zero-order valence-corrected chi connectivity index (χ0v) is 10.7. The van der Waals surface area contributed by atoms with Crippen LogP contribution < -0.4 is 0 Å². The predicted molar refractivity (Wildman–Crippen MR) is 66.8 cm³/mol. The lowest BCUT2D eigenvalue weighted by Gasteiger charge is -2.01. The average Bonchev–Trinajstić information content (AvgIpc) is 2.54. The first-order chi connectivity index (χ1) is 7.65. The summed E-state index contributed by atoms with van der Waals surface area (Å²) in [4.78, 5) is 4.24. The van der Waals surface area contributed by atoms with Gasteiger partial charge in [-0.15, -0.1) is 11.8 Å². The number of halogens is 1. The predicted octanol–water partition coefficient (Wildman–Crippen LogP) is 3.07. The Hall–Kier alpha value is -1.00. The van der Waals surface area contributed by atoms with E-state index in [0.717, 1.165) is 22.2 Å². The fourth-order valence-corrected chi connectivity index (χ4v) is 2.52. The van der Waals surface area contributed by atoms with E-state index >= 15 is 0 Å². The molecule has 0 aliphatic heterocycles. The van der Waals surface area contributed by atoms with Gasteiger partial charge >= 0.3 is 0 Å². The second-order valence-corrected chi connectivity index (χ2v) is 4.87. The Labute approximate surface area is 104 Å². The van der Waals surface area contributed by atoms with E-state index in [1.54, 1.807) is 17.8 Å². The average molecular weight is 254 g/mol. The zero-order chi connectivity index (χ0) is 11.5. The number of thioether (sulfide) groups is 1. The molecule has 3 nitrogen and oxygen atoms in total. The molecule has 0 spiro atoms. The third-order valence-electron chi connectivity index (χ3n) is 2.10. The summed E-state index contributed by atoms with van der Waals surface area (Å²) in [6.07, 6.45) is 0. The van der Waals surface area contributed by atoms with Gasteiger partial charge in [0.2, 0.25) is 0 Å². The summed E-state index contributed by atoms with van der Waals surface area (Å²) >= 11 is 7.53. The van der Waals surface area contributed by atoms with Crippen LogP contribution in [0.2, 0.25) is 5.15 Å². The molecule has 84 valence electrons. The molecule has 5 heteroatoms. The molecule has 0 atom stereocenters. The second kappa shape index (κ2) is 4.89. The highest BCUT2D eigenvalue weighted by Gasteiger charge is 2.03. The van der Waals surface area contributed by atoms with Gasteiger partial charge in [-0.25, -0.2) is 4.98 Å². The molecule has 0 aliphatic rings. The molecule has 2 aromatic rings. The number of aryl methyl sites for hydroxylation is 2. The van der Waals surface area contributed by atoms with Crippen LogP contribution in [0.15, 0.2) is 29.3 Å². The Bertz CT molecular complexity index is 496. The molecule has 0 saturated carbocycles. The molecule has 0 bridgehead atoms. The minimum absolute atomic E-state index is 0.541. The molecule has 0 fully saturated rings. The van der Waals surface area contributed by atoms with Crippen molar-refractivity contribution < 1.29 is 0 Å². The Morgan fingerprint density at radius 1 is 1.44 bits per heavy atom. The maximum Gasteiger partial charge on any atom is 0.129 e. The summed E-state index contributed by atoms with van der Waals surface area (Å²) in [5.74, 6) is 0.805. The first-order valence-corrected chi connectivity index (χ1v) is 6.26. The number of aromatic nitrogens is 3. The van der Waals surface area contributed by atoms with E-state index in [-0.39, 0.29) is 0 Å². The van der Waals surface area contributed by atoms with Crippen LogP contribution in [0, 0.1) is 6.92 Å². The van der Waals surface area contributed by atoms with Gasteiger partial charge in [0.25, 0.3) is 0 Å². The van der Waals surface area contributed by atoms with Crippen molar-refractivity contribution in [1.82, 2.24) is 14.8 Å². The maximum absolute atomic E-state index is 5.82. The van der Waals surface area contributed by atoms with Crippen LogP contribution in [0.25, 0.3) is 0 Å². The molecule has 2 rings (SSSR count). The quantitative estimate of drug-likeness (QED) is 0.622. The van der Waals surface area contributed by atoms with Crippen LogP contribution in [-0.2, 0) is 12.8 Å². The summed E-state index contributed by atoms with van der Waals surface area (Å²) in [6, 6.07) is 7.74. The van der Waals surface area contributed by atoms with Crippen LogP contribution in [0.3, 0.4) is 0 Å². The van der Waals surface area contributed by atoms with E-state index in [2.05, 4.69) is 16.1 Å². The summed E-state index contributed by atoms with van der Waals surface area (Å²) in [5, 5.41) is 5.97. The van der Waals surface area contributed by atoms with E-state index in [1.165, 1.54) is 0 Å². The van der Waals surface area contributed by atoms with E-state index in [4.69, 9.17) is 11.6 Å². The number of nitrogens with zero attached hydrogens (tertiary/aromatic N) is 3. The number of hydrogen-bond acceptors (Lipinski definition) is 3. The van der Waals surface area contributed by atoms with E-state index < -0.39 is 0 Å². The highest BCUT2D eigenvalue weighted by Crippen LogP contribution is 2.22. The van der Waals surface area contributed by atoms with Gasteiger partial charge in [-0.2, -0.15) is 5.10 Å². The lowest BCUT2D eigenvalue weighted by atomic mass is 10.4. The Kier molecular flexibility index (Phi) is 3.51. The zero-order valence-electron chi connectivity index (χ0n) is 9.14. The van der Waals surface area contributed by atoms with Crippen molar-refractivity contribution in [3.63, 3.8) is 0 Å². The third kappa shape index (κ3) is 2.77. The standard InChI is InChI=1S/C11H12ClN3S/c1-8-6-11(15(2)14-8)16-7-9-4-3-5-10(12)13-9/h3-6H,7H2,1-2H3. The molecule has 16 heavy (non-hydrogen) atoms. The van der Waals surface area contributed by atoms with Gasteiger partial charge in [0, 0.05) is 12.8 Å². The lowest BCUT2D eigenvalue weighted by molar-refractivity contribution is 0.692. The van der Waals surface area contributed by atoms with Gasteiger partial charge in [0.1, 0.15) is 5.15 Å². The summed E-state index contributed by atoms with van der Waals surface area (Å²) < 4.78 is 1.88. The number of rotatable bonds is 3. The Morgan fingerprint density at radius 3 is 2.88 bits per heavy atom. The fraction of sp³-hybridized carbons (Fsp3) is 0.273. The smallest absolute Gasteiger partial charge is 0.129 e. The molecule has 0 aromatic carbocycles. The number of pyridine rings is 1. The summed E-state index contributed by atoms with van der Waals surface area (Å²) in [5.41, 5.74) is 2.01. The van der Waals surface area contributed by atoms with Crippen LogP contribution >= 0.6 is 23.4 Å². The minimum Gasteiger partial charge on any atom is -0.262 e. The highest BCUT2D eigenvalue weighted by atomic mass is 35.5. The molecule has 2 aromatic heterocycles. The molecule has 2 heterocycles. The molecule has 0 saturated heterocycles. The highest BCUT2D eigenvalue weighted by molar-refractivity contribution is 7.98. The van der Waals surface area contributed by atoms with Crippen LogP contribution in [-0.4, -0.2) is 14.8 Å². The fourth-order valence-electron chi connectivity index (χ4n) is 1.40. The molecule has 0 amide bonds. The summed E-state index contributed by atoms with van der Waals surface area (Å²) in [6.45, 7) is 1.99. The van der Waals surface area contributed by atoms with Crippen LogP contribution in [0.4, 0.5) is 0 Å². The Morgan fingerprint density at radius 2 is 2.25 bits per heavy atom. The van der Waals surface area contributed by atoms with Gasteiger partial charge in [-0.3, -0.25) is 4.68 Å². The van der Waals surface area contributed by atoms with E-state index in [9.17, 15) is 0 Å². The maximum atomic E-state index is 5.82. The van der Waals surface area contributed by atoms with Gasteiger partial charge in [0.15, 0.2) is 0 Å². The summed E-state index contributed by atoms with van der Waals surface area (Å²) in [7, 11) is 1.95. The monoisotopic (exact) mass is 253 g/mol. The Balaban J connectivity index is 2.05. The van der Waals surface area contributed by atoms with Crippen molar-refractivity contribution in [2.75, 3.05) is 0 Å². The normalized spacial score (nSPS) is 10.7. The molecule has 0 N–H and O–H groups in total. The van der Waals surface area contributed by atoms with Crippen LogP contribution in [0.5, 0.6) is 0 Å². The van der Waals surface area contributed by atoms with Gasteiger partial charge < -0.3 is 0 Å². The van der Waals surface area contributed by atoms with Crippen LogP contribution in [0.1, 0.15) is 11.4 Å². The van der Waals surface area contributed by atoms with Gasteiger partial charge in [-0.05, 0) is 25.1 Å². The second-order valence-electron chi connectivity index (χ2n) is 3.49.